The molecule has 0 N–H and O–H groups in total. The van der Waals surface area contributed by atoms with Crippen LogP contribution >= 0.6 is 24.0 Å². The molecule has 1 aromatic rings. The molecule has 1 amide bonds. The maximum absolute atomic E-state index is 12.6. The second-order valence-corrected chi connectivity index (χ2v) is 7.46. The van der Waals surface area contributed by atoms with Gasteiger partial charge in [-0.2, -0.15) is 0 Å². The lowest BCUT2D eigenvalue weighted by atomic mass is 10.1. The highest BCUT2D eigenvalue weighted by atomic mass is 32.2. The Morgan fingerprint density at radius 3 is 2.64 bits per heavy atom. The number of allylic oxidation sites excluding steroid dienone is 2. The van der Waals surface area contributed by atoms with Crippen LogP contribution in [0.4, 0.5) is 0 Å². The molecule has 1 saturated heterocycles. The highest BCUT2D eigenvalue weighted by Crippen LogP contribution is 2.37. The molecule has 0 bridgehead atoms. The van der Waals surface area contributed by atoms with Gasteiger partial charge in [-0.15, -0.1) is 0 Å². The molecule has 2 aliphatic rings. The van der Waals surface area contributed by atoms with Gasteiger partial charge < -0.3 is 0 Å². The molecule has 3 rings (SSSR count). The number of hydrogen-bond donors (Lipinski definition) is 0. The maximum atomic E-state index is 12.6. The fourth-order valence-corrected chi connectivity index (χ4v) is 4.47. The highest BCUT2D eigenvalue weighted by Gasteiger charge is 2.37. The summed E-state index contributed by atoms with van der Waals surface area (Å²) in [5.41, 5.74) is 2.21. The standard InChI is InChI=1S/C18H19NOS2/c1-13(11-14-7-3-2-4-8-14)12-16-17(20)19(18(21)22-16)15-9-5-6-10-15/h2-4,7-8,11-12,15H,5-6,9-10H2,1H3/b13-11-,16-12-. The topological polar surface area (TPSA) is 20.3 Å². The first-order valence-corrected chi connectivity index (χ1v) is 8.88. The van der Waals surface area contributed by atoms with Gasteiger partial charge in [0.25, 0.3) is 5.91 Å². The Labute approximate surface area is 141 Å². The van der Waals surface area contributed by atoms with Gasteiger partial charge in [-0.3, -0.25) is 9.69 Å². The normalized spacial score (nSPS) is 22.1. The van der Waals surface area contributed by atoms with Crippen molar-refractivity contribution >= 4 is 40.3 Å². The van der Waals surface area contributed by atoms with E-state index in [1.54, 1.807) is 0 Å². The zero-order valence-corrected chi connectivity index (χ0v) is 14.3. The Morgan fingerprint density at radius 2 is 1.95 bits per heavy atom. The van der Waals surface area contributed by atoms with E-state index in [2.05, 4.69) is 18.2 Å². The number of benzene rings is 1. The predicted octanol–water partition coefficient (Wildman–Crippen LogP) is 4.78. The predicted molar refractivity (Wildman–Crippen MR) is 97.5 cm³/mol. The first-order chi connectivity index (χ1) is 10.6. The monoisotopic (exact) mass is 329 g/mol. The Morgan fingerprint density at radius 1 is 1.27 bits per heavy atom. The quantitative estimate of drug-likeness (QED) is 0.588. The molecule has 2 fully saturated rings. The first kappa shape index (κ1) is 15.5. The number of hydrogen-bond acceptors (Lipinski definition) is 3. The molecule has 0 spiro atoms. The van der Waals surface area contributed by atoms with Crippen molar-refractivity contribution in [3.8, 4) is 0 Å². The zero-order chi connectivity index (χ0) is 15.5. The van der Waals surface area contributed by atoms with E-state index < -0.39 is 0 Å². The summed E-state index contributed by atoms with van der Waals surface area (Å²) in [5.74, 6) is 0.0858. The van der Waals surface area contributed by atoms with Gasteiger partial charge in [0.1, 0.15) is 4.32 Å². The molecular weight excluding hydrogens is 310 g/mol. The third kappa shape index (κ3) is 3.33. The molecule has 1 heterocycles. The van der Waals surface area contributed by atoms with Crippen LogP contribution in [0.25, 0.3) is 6.08 Å². The number of carbonyl (C=O) groups is 1. The average Bonchev–Trinajstić information content (AvgIpc) is 3.09. The number of nitrogens with zero attached hydrogens (tertiary/aromatic N) is 1. The average molecular weight is 329 g/mol. The molecule has 1 aromatic carbocycles. The van der Waals surface area contributed by atoms with Gasteiger partial charge in [0, 0.05) is 6.04 Å². The van der Waals surface area contributed by atoms with Crippen LogP contribution < -0.4 is 0 Å². The zero-order valence-electron chi connectivity index (χ0n) is 12.6. The van der Waals surface area contributed by atoms with Crippen molar-refractivity contribution in [2.24, 2.45) is 0 Å². The van der Waals surface area contributed by atoms with Crippen LogP contribution in [0.3, 0.4) is 0 Å². The van der Waals surface area contributed by atoms with Gasteiger partial charge in [-0.05, 0) is 37.0 Å². The smallest absolute Gasteiger partial charge is 0.266 e. The van der Waals surface area contributed by atoms with E-state index in [0.717, 1.165) is 33.2 Å². The molecule has 114 valence electrons. The van der Waals surface area contributed by atoms with Crippen LogP contribution in [0.5, 0.6) is 0 Å². The van der Waals surface area contributed by atoms with Gasteiger partial charge in [0.05, 0.1) is 4.91 Å². The van der Waals surface area contributed by atoms with E-state index in [0.29, 0.717) is 6.04 Å². The van der Waals surface area contributed by atoms with Gasteiger partial charge in [0.2, 0.25) is 0 Å². The van der Waals surface area contributed by atoms with Gasteiger partial charge in [-0.25, -0.2) is 0 Å². The van der Waals surface area contributed by atoms with E-state index >= 15 is 0 Å². The van der Waals surface area contributed by atoms with E-state index in [4.69, 9.17) is 12.2 Å². The second kappa shape index (κ2) is 6.80. The van der Waals surface area contributed by atoms with Crippen LogP contribution in [-0.2, 0) is 4.79 Å². The molecule has 1 aliphatic heterocycles. The molecule has 0 atom stereocenters. The summed E-state index contributed by atoms with van der Waals surface area (Å²) >= 11 is 6.86. The molecule has 0 radical (unpaired) electrons. The van der Waals surface area contributed by atoms with Gasteiger partial charge in [0.15, 0.2) is 0 Å². The Hall–Kier alpha value is -1.39. The van der Waals surface area contributed by atoms with E-state index in [1.807, 2.05) is 36.1 Å². The van der Waals surface area contributed by atoms with Crippen LogP contribution in [0, 0.1) is 0 Å². The summed E-state index contributed by atoms with van der Waals surface area (Å²) < 4.78 is 0.718. The molecular formula is C18H19NOS2. The first-order valence-electron chi connectivity index (χ1n) is 7.65. The van der Waals surface area contributed by atoms with E-state index in [-0.39, 0.29) is 5.91 Å². The number of thioether (sulfide) groups is 1. The maximum Gasteiger partial charge on any atom is 0.266 e. The van der Waals surface area contributed by atoms with Crippen molar-refractivity contribution in [1.82, 2.24) is 4.90 Å². The number of thiocarbonyl (C=S) groups is 1. The largest absolute Gasteiger partial charge is 0.290 e. The lowest BCUT2D eigenvalue weighted by Crippen LogP contribution is -2.36. The molecule has 1 saturated carbocycles. The van der Waals surface area contributed by atoms with Gasteiger partial charge >= 0.3 is 0 Å². The van der Waals surface area contributed by atoms with Crippen LogP contribution in [0.2, 0.25) is 0 Å². The summed E-state index contributed by atoms with van der Waals surface area (Å²) in [4.78, 5) is 15.2. The SMILES string of the molecule is CC(=C/c1ccccc1)/C=C1\SC(=S)N(C2CCCC2)C1=O. The van der Waals surface area contributed by atoms with Crippen molar-refractivity contribution in [3.05, 3.63) is 52.4 Å². The Bertz CT molecular complexity index is 642. The number of rotatable bonds is 3. The fourth-order valence-electron chi connectivity index (χ4n) is 3.02. The molecule has 4 heteroatoms. The number of amides is 1. The minimum absolute atomic E-state index is 0.0858. The molecule has 0 unspecified atom stereocenters. The lowest BCUT2D eigenvalue weighted by molar-refractivity contribution is -0.123. The summed E-state index contributed by atoms with van der Waals surface area (Å²) in [6.45, 7) is 2.02. The molecule has 0 aromatic heterocycles. The summed E-state index contributed by atoms with van der Waals surface area (Å²) in [6.07, 6.45) is 8.61. The van der Waals surface area contributed by atoms with Crippen LogP contribution in [0.1, 0.15) is 38.2 Å². The fraction of sp³-hybridized carbons (Fsp3) is 0.333. The summed E-state index contributed by atoms with van der Waals surface area (Å²) in [6, 6.07) is 10.5. The number of carbonyl (C=O) groups excluding carboxylic acids is 1. The molecule has 1 aliphatic carbocycles. The third-order valence-corrected chi connectivity index (χ3v) is 5.40. The van der Waals surface area contributed by atoms with Crippen molar-refractivity contribution in [2.45, 2.75) is 38.6 Å². The van der Waals surface area contributed by atoms with Crippen LogP contribution in [-0.4, -0.2) is 21.2 Å². The molecule has 2 nitrogen and oxygen atoms in total. The Kier molecular flexibility index (Phi) is 4.79. The minimum atomic E-state index is 0.0858. The van der Waals surface area contributed by atoms with Gasteiger partial charge in [-0.1, -0.05) is 73.2 Å². The summed E-state index contributed by atoms with van der Waals surface area (Å²) in [5, 5.41) is 0. The van der Waals surface area contributed by atoms with Crippen molar-refractivity contribution in [2.75, 3.05) is 0 Å². The minimum Gasteiger partial charge on any atom is -0.290 e. The third-order valence-electron chi connectivity index (χ3n) is 4.07. The second-order valence-electron chi connectivity index (χ2n) is 5.79. The van der Waals surface area contributed by atoms with E-state index in [1.165, 1.54) is 24.6 Å². The molecule has 22 heavy (non-hydrogen) atoms. The Balaban J connectivity index is 1.78. The van der Waals surface area contributed by atoms with Crippen molar-refractivity contribution < 1.29 is 4.79 Å². The van der Waals surface area contributed by atoms with E-state index in [9.17, 15) is 4.79 Å². The summed E-state index contributed by atoms with van der Waals surface area (Å²) in [7, 11) is 0. The lowest BCUT2D eigenvalue weighted by Gasteiger charge is -2.21. The highest BCUT2D eigenvalue weighted by molar-refractivity contribution is 8.26. The van der Waals surface area contributed by atoms with Crippen molar-refractivity contribution in [1.29, 1.82) is 0 Å². The van der Waals surface area contributed by atoms with Crippen LogP contribution in [0.15, 0.2) is 46.9 Å². The van der Waals surface area contributed by atoms with Crippen molar-refractivity contribution in [3.63, 3.8) is 0 Å².